The molecule has 1 N–H and O–H groups in total. The molecule has 0 bridgehead atoms. The molecule has 1 aliphatic rings. The maximum absolute atomic E-state index is 12.2. The van der Waals surface area contributed by atoms with Crippen molar-refractivity contribution >= 4 is 5.65 Å². The lowest BCUT2D eigenvalue weighted by Gasteiger charge is -2.23. The summed E-state index contributed by atoms with van der Waals surface area (Å²) in [6, 6.07) is 6.12. The van der Waals surface area contributed by atoms with Gasteiger partial charge in [-0.2, -0.15) is 0 Å². The van der Waals surface area contributed by atoms with Gasteiger partial charge in [-0.25, -0.2) is 4.98 Å². The Morgan fingerprint density at radius 1 is 1.43 bits per heavy atom. The zero-order valence-electron chi connectivity index (χ0n) is 12.7. The Morgan fingerprint density at radius 3 is 3.10 bits per heavy atom. The average molecular weight is 286 g/mol. The fourth-order valence-corrected chi connectivity index (χ4v) is 3.12. The summed E-state index contributed by atoms with van der Waals surface area (Å²) < 4.78 is 1.62. The summed E-state index contributed by atoms with van der Waals surface area (Å²) in [4.78, 5) is 19.3. The number of aryl methyl sites for hydroxylation is 1. The molecule has 1 aliphatic heterocycles. The molecule has 0 radical (unpaired) electrons. The Bertz CT molecular complexity index is 694. The van der Waals surface area contributed by atoms with Gasteiger partial charge in [-0.05, 0) is 45.0 Å². The third-order valence-electron chi connectivity index (χ3n) is 4.16. The van der Waals surface area contributed by atoms with Gasteiger partial charge in [-0.15, -0.1) is 0 Å². The molecule has 0 aromatic carbocycles. The Kier molecular flexibility index (Phi) is 4.03. The molecule has 1 atom stereocenters. The van der Waals surface area contributed by atoms with Crippen LogP contribution in [0.15, 0.2) is 29.2 Å². The Labute approximate surface area is 124 Å². The van der Waals surface area contributed by atoms with Gasteiger partial charge in [0.1, 0.15) is 5.65 Å². The van der Waals surface area contributed by atoms with E-state index in [2.05, 4.69) is 15.2 Å². The van der Waals surface area contributed by atoms with E-state index in [9.17, 15) is 4.79 Å². The molecule has 1 saturated heterocycles. The first kappa shape index (κ1) is 14.2. The van der Waals surface area contributed by atoms with Crippen molar-refractivity contribution in [2.75, 3.05) is 20.1 Å². The van der Waals surface area contributed by atoms with Crippen molar-refractivity contribution in [2.45, 2.75) is 32.4 Å². The quantitative estimate of drug-likeness (QED) is 0.917. The third-order valence-corrected chi connectivity index (χ3v) is 4.16. The summed E-state index contributed by atoms with van der Waals surface area (Å²) in [5.41, 5.74) is 2.66. The van der Waals surface area contributed by atoms with Crippen LogP contribution in [0.25, 0.3) is 5.65 Å². The molecule has 0 aliphatic carbocycles. The van der Waals surface area contributed by atoms with Gasteiger partial charge in [-0.3, -0.25) is 14.1 Å². The van der Waals surface area contributed by atoms with Crippen molar-refractivity contribution in [1.29, 1.82) is 0 Å². The van der Waals surface area contributed by atoms with Crippen LogP contribution in [-0.4, -0.2) is 40.5 Å². The highest BCUT2D eigenvalue weighted by atomic mass is 16.1. The average Bonchev–Trinajstić information content (AvgIpc) is 2.88. The molecular formula is C16H22N4O. The second kappa shape index (κ2) is 5.95. The Hall–Kier alpha value is -1.72. The molecule has 112 valence electrons. The van der Waals surface area contributed by atoms with E-state index >= 15 is 0 Å². The van der Waals surface area contributed by atoms with Crippen molar-refractivity contribution in [1.82, 2.24) is 19.6 Å². The van der Waals surface area contributed by atoms with Crippen molar-refractivity contribution < 1.29 is 0 Å². The summed E-state index contributed by atoms with van der Waals surface area (Å²) in [5.74, 6) is 0. The molecular weight excluding hydrogens is 264 g/mol. The predicted molar refractivity (Wildman–Crippen MR) is 83.6 cm³/mol. The number of hydrogen-bond donors (Lipinski definition) is 1. The SMILES string of the molecule is CNCC1CCCN1Cc1cc(=O)n2cc(C)ccc2n1. The van der Waals surface area contributed by atoms with Gasteiger partial charge in [-0.1, -0.05) is 6.07 Å². The van der Waals surface area contributed by atoms with E-state index in [4.69, 9.17) is 0 Å². The van der Waals surface area contributed by atoms with Crippen LogP contribution in [0.5, 0.6) is 0 Å². The number of aromatic nitrogens is 2. The minimum Gasteiger partial charge on any atom is -0.318 e. The van der Waals surface area contributed by atoms with E-state index < -0.39 is 0 Å². The first-order valence-corrected chi connectivity index (χ1v) is 7.55. The van der Waals surface area contributed by atoms with Crippen molar-refractivity contribution in [3.05, 3.63) is 46.0 Å². The third kappa shape index (κ3) is 2.99. The molecule has 5 heteroatoms. The predicted octanol–water partition coefficient (Wildman–Crippen LogP) is 1.19. The molecule has 5 nitrogen and oxygen atoms in total. The zero-order chi connectivity index (χ0) is 14.8. The zero-order valence-corrected chi connectivity index (χ0v) is 12.7. The largest absolute Gasteiger partial charge is 0.318 e. The van der Waals surface area contributed by atoms with Gasteiger partial charge in [0.2, 0.25) is 0 Å². The van der Waals surface area contributed by atoms with Gasteiger partial charge in [0.15, 0.2) is 0 Å². The minimum absolute atomic E-state index is 0.00284. The summed E-state index contributed by atoms with van der Waals surface area (Å²) in [7, 11) is 1.99. The monoisotopic (exact) mass is 286 g/mol. The summed E-state index contributed by atoms with van der Waals surface area (Å²) in [5, 5.41) is 3.24. The highest BCUT2D eigenvalue weighted by Gasteiger charge is 2.24. The van der Waals surface area contributed by atoms with Crippen LogP contribution in [0, 0.1) is 6.92 Å². The molecule has 0 saturated carbocycles. The van der Waals surface area contributed by atoms with Gasteiger partial charge in [0.25, 0.3) is 5.56 Å². The number of pyridine rings is 1. The first-order chi connectivity index (χ1) is 10.2. The van der Waals surface area contributed by atoms with E-state index in [1.807, 2.05) is 32.3 Å². The molecule has 1 fully saturated rings. The first-order valence-electron chi connectivity index (χ1n) is 7.55. The number of rotatable bonds is 4. The van der Waals surface area contributed by atoms with Gasteiger partial charge < -0.3 is 5.32 Å². The van der Waals surface area contributed by atoms with E-state index in [-0.39, 0.29) is 5.56 Å². The van der Waals surface area contributed by atoms with Crippen LogP contribution in [0.3, 0.4) is 0 Å². The highest BCUT2D eigenvalue weighted by Crippen LogP contribution is 2.18. The number of likely N-dealkylation sites (tertiary alicyclic amines) is 1. The molecule has 1 unspecified atom stereocenters. The normalized spacial score (nSPS) is 19.4. The summed E-state index contributed by atoms with van der Waals surface area (Å²) in [6.07, 6.45) is 4.28. The number of fused-ring (bicyclic) bond motifs is 1. The minimum atomic E-state index is 0.00284. The molecule has 2 aromatic rings. The van der Waals surface area contributed by atoms with Crippen LogP contribution in [-0.2, 0) is 6.54 Å². The lowest BCUT2D eigenvalue weighted by atomic mass is 10.2. The van der Waals surface area contributed by atoms with Crippen molar-refractivity contribution in [2.24, 2.45) is 0 Å². The fourth-order valence-electron chi connectivity index (χ4n) is 3.12. The Balaban J connectivity index is 1.87. The molecule has 2 aromatic heterocycles. The molecule has 0 amide bonds. The maximum atomic E-state index is 12.2. The highest BCUT2D eigenvalue weighted by molar-refractivity contribution is 5.39. The van der Waals surface area contributed by atoms with E-state index in [1.54, 1.807) is 10.5 Å². The van der Waals surface area contributed by atoms with E-state index in [0.29, 0.717) is 6.04 Å². The van der Waals surface area contributed by atoms with Crippen LogP contribution < -0.4 is 10.9 Å². The lowest BCUT2D eigenvalue weighted by molar-refractivity contribution is 0.239. The van der Waals surface area contributed by atoms with E-state index in [1.165, 1.54) is 12.8 Å². The maximum Gasteiger partial charge on any atom is 0.258 e. The number of likely N-dealkylation sites (N-methyl/N-ethyl adjacent to an activating group) is 1. The van der Waals surface area contributed by atoms with Crippen LogP contribution in [0.4, 0.5) is 0 Å². The standard InChI is InChI=1S/C16H22N4O/c1-12-5-6-15-18-13(8-16(21)20(15)10-12)11-19-7-3-4-14(19)9-17-2/h5-6,8,10,14,17H,3-4,7,9,11H2,1-2H3. The molecule has 21 heavy (non-hydrogen) atoms. The van der Waals surface area contributed by atoms with Crippen LogP contribution in [0.2, 0.25) is 0 Å². The second-order valence-corrected chi connectivity index (χ2v) is 5.84. The lowest BCUT2D eigenvalue weighted by Crippen LogP contribution is -2.36. The van der Waals surface area contributed by atoms with Crippen molar-refractivity contribution in [3.8, 4) is 0 Å². The number of hydrogen-bond acceptors (Lipinski definition) is 4. The topological polar surface area (TPSA) is 49.6 Å². The van der Waals surface area contributed by atoms with Crippen LogP contribution >= 0.6 is 0 Å². The number of nitrogens with one attached hydrogen (secondary N) is 1. The molecule has 0 spiro atoms. The number of nitrogens with zero attached hydrogens (tertiary/aromatic N) is 3. The van der Waals surface area contributed by atoms with Gasteiger partial charge in [0.05, 0.1) is 5.69 Å². The van der Waals surface area contributed by atoms with Gasteiger partial charge >= 0.3 is 0 Å². The second-order valence-electron chi connectivity index (χ2n) is 5.84. The molecule has 3 rings (SSSR count). The van der Waals surface area contributed by atoms with Gasteiger partial charge in [0, 0.05) is 31.4 Å². The fraction of sp³-hybridized carbons (Fsp3) is 0.500. The summed E-state index contributed by atoms with van der Waals surface area (Å²) in [6.45, 7) is 4.81. The van der Waals surface area contributed by atoms with Crippen molar-refractivity contribution in [3.63, 3.8) is 0 Å². The molecule has 3 heterocycles. The Morgan fingerprint density at radius 2 is 2.29 bits per heavy atom. The summed E-state index contributed by atoms with van der Waals surface area (Å²) >= 11 is 0. The smallest absolute Gasteiger partial charge is 0.258 e. The van der Waals surface area contributed by atoms with Crippen LogP contribution in [0.1, 0.15) is 24.1 Å². The van der Waals surface area contributed by atoms with E-state index in [0.717, 1.165) is 36.5 Å².